The van der Waals surface area contributed by atoms with Gasteiger partial charge in [0.2, 0.25) is 0 Å². The molecular formula is C17H24O3. The minimum absolute atomic E-state index is 0.207. The Balaban J connectivity index is 2.09. The van der Waals surface area contributed by atoms with Crippen LogP contribution < -0.4 is 9.47 Å². The van der Waals surface area contributed by atoms with Crippen LogP contribution in [0.4, 0.5) is 0 Å². The predicted molar refractivity (Wildman–Crippen MR) is 79.7 cm³/mol. The van der Waals surface area contributed by atoms with Crippen molar-refractivity contribution in [3.8, 4) is 11.5 Å². The van der Waals surface area contributed by atoms with Crippen molar-refractivity contribution in [2.45, 2.75) is 52.1 Å². The Labute approximate surface area is 121 Å². The molecule has 0 radical (unpaired) electrons. The van der Waals surface area contributed by atoms with Gasteiger partial charge in [0.15, 0.2) is 17.8 Å². The molecule has 20 heavy (non-hydrogen) atoms. The molecule has 0 aliphatic heterocycles. The van der Waals surface area contributed by atoms with E-state index in [0.29, 0.717) is 23.7 Å². The molecule has 1 fully saturated rings. The highest BCUT2D eigenvalue weighted by Gasteiger charge is 2.23. The van der Waals surface area contributed by atoms with Crippen LogP contribution in [-0.2, 0) is 0 Å². The number of carbonyl (C=O) groups is 1. The highest BCUT2D eigenvalue weighted by atomic mass is 16.5. The van der Waals surface area contributed by atoms with Crippen LogP contribution in [0.15, 0.2) is 18.2 Å². The SMILES string of the molecule is CCOc1cccc(C=O)c1OC1CCC(CC)CC1. The van der Waals surface area contributed by atoms with Gasteiger partial charge in [0.05, 0.1) is 18.3 Å². The number of rotatable bonds is 6. The van der Waals surface area contributed by atoms with Crippen molar-refractivity contribution < 1.29 is 14.3 Å². The maximum Gasteiger partial charge on any atom is 0.172 e. The van der Waals surface area contributed by atoms with Gasteiger partial charge in [0.1, 0.15) is 0 Å². The maximum absolute atomic E-state index is 11.2. The zero-order valence-corrected chi connectivity index (χ0v) is 12.4. The molecule has 1 aromatic carbocycles. The summed E-state index contributed by atoms with van der Waals surface area (Å²) in [7, 11) is 0. The Morgan fingerprint density at radius 3 is 2.55 bits per heavy atom. The van der Waals surface area contributed by atoms with Gasteiger partial charge < -0.3 is 9.47 Å². The molecule has 0 N–H and O–H groups in total. The van der Waals surface area contributed by atoms with E-state index in [0.717, 1.165) is 25.0 Å². The fraction of sp³-hybridized carbons (Fsp3) is 0.588. The van der Waals surface area contributed by atoms with Crippen molar-refractivity contribution in [2.24, 2.45) is 5.92 Å². The number of ether oxygens (including phenoxy) is 2. The number of hydrogen-bond acceptors (Lipinski definition) is 3. The third-order valence-electron chi connectivity index (χ3n) is 4.09. The van der Waals surface area contributed by atoms with Gasteiger partial charge in [0.25, 0.3) is 0 Å². The Morgan fingerprint density at radius 1 is 1.20 bits per heavy atom. The van der Waals surface area contributed by atoms with E-state index < -0.39 is 0 Å². The van der Waals surface area contributed by atoms with Crippen LogP contribution in [0, 0.1) is 5.92 Å². The number of benzene rings is 1. The molecule has 0 amide bonds. The number of carbonyl (C=O) groups excluding carboxylic acids is 1. The van der Waals surface area contributed by atoms with Crippen LogP contribution in [0.1, 0.15) is 56.3 Å². The molecule has 0 aromatic heterocycles. The average Bonchev–Trinajstić information content (AvgIpc) is 2.50. The number of para-hydroxylation sites is 1. The first kappa shape index (κ1) is 14.9. The summed E-state index contributed by atoms with van der Waals surface area (Å²) in [5.74, 6) is 2.13. The molecule has 0 spiro atoms. The normalized spacial score (nSPS) is 22.3. The van der Waals surface area contributed by atoms with E-state index in [9.17, 15) is 4.79 Å². The summed E-state index contributed by atoms with van der Waals surface area (Å²) in [6.07, 6.45) is 6.87. The molecule has 0 bridgehead atoms. The number of hydrogen-bond donors (Lipinski definition) is 0. The lowest BCUT2D eigenvalue weighted by Crippen LogP contribution is -2.24. The van der Waals surface area contributed by atoms with E-state index in [2.05, 4.69) is 6.92 Å². The summed E-state index contributed by atoms with van der Waals surface area (Å²) in [6, 6.07) is 5.47. The van der Waals surface area contributed by atoms with E-state index in [-0.39, 0.29) is 6.10 Å². The zero-order chi connectivity index (χ0) is 14.4. The van der Waals surface area contributed by atoms with Gasteiger partial charge in [-0.25, -0.2) is 0 Å². The first-order chi connectivity index (χ1) is 9.78. The molecule has 3 heteroatoms. The molecule has 1 aliphatic carbocycles. The van der Waals surface area contributed by atoms with Gasteiger partial charge >= 0.3 is 0 Å². The van der Waals surface area contributed by atoms with Gasteiger partial charge in [-0.1, -0.05) is 19.4 Å². The van der Waals surface area contributed by atoms with E-state index in [1.165, 1.54) is 19.3 Å². The summed E-state index contributed by atoms with van der Waals surface area (Å²) in [6.45, 7) is 4.76. The predicted octanol–water partition coefficient (Wildman–Crippen LogP) is 4.25. The van der Waals surface area contributed by atoms with Crippen LogP contribution in [0.25, 0.3) is 0 Å². The van der Waals surface area contributed by atoms with Crippen LogP contribution in [0.2, 0.25) is 0 Å². The third-order valence-corrected chi connectivity index (χ3v) is 4.09. The summed E-state index contributed by atoms with van der Waals surface area (Å²) >= 11 is 0. The van der Waals surface area contributed by atoms with Gasteiger partial charge in [-0.15, -0.1) is 0 Å². The van der Waals surface area contributed by atoms with E-state index in [1.807, 2.05) is 19.1 Å². The molecule has 0 unspecified atom stereocenters. The Morgan fingerprint density at radius 2 is 1.95 bits per heavy atom. The van der Waals surface area contributed by atoms with Crippen molar-refractivity contribution in [3.05, 3.63) is 23.8 Å². The second-order valence-electron chi connectivity index (χ2n) is 5.39. The molecule has 110 valence electrons. The highest BCUT2D eigenvalue weighted by Crippen LogP contribution is 2.35. The van der Waals surface area contributed by atoms with E-state index in [1.54, 1.807) is 6.07 Å². The van der Waals surface area contributed by atoms with Crippen molar-refractivity contribution in [3.63, 3.8) is 0 Å². The van der Waals surface area contributed by atoms with Gasteiger partial charge in [-0.2, -0.15) is 0 Å². The maximum atomic E-state index is 11.2. The summed E-state index contributed by atoms with van der Waals surface area (Å²) in [5, 5.41) is 0. The Hall–Kier alpha value is -1.51. The van der Waals surface area contributed by atoms with Crippen molar-refractivity contribution in [1.82, 2.24) is 0 Å². The van der Waals surface area contributed by atoms with Crippen molar-refractivity contribution in [1.29, 1.82) is 0 Å². The fourth-order valence-corrected chi connectivity index (χ4v) is 2.85. The quantitative estimate of drug-likeness (QED) is 0.729. The lowest BCUT2D eigenvalue weighted by atomic mass is 9.86. The van der Waals surface area contributed by atoms with Crippen molar-refractivity contribution in [2.75, 3.05) is 6.61 Å². The Bertz CT molecular complexity index is 434. The second-order valence-corrected chi connectivity index (χ2v) is 5.39. The molecule has 3 nitrogen and oxygen atoms in total. The molecule has 0 atom stereocenters. The minimum atomic E-state index is 0.207. The first-order valence-electron chi connectivity index (χ1n) is 7.66. The molecule has 0 heterocycles. The zero-order valence-electron chi connectivity index (χ0n) is 12.4. The largest absolute Gasteiger partial charge is 0.490 e. The van der Waals surface area contributed by atoms with Gasteiger partial charge in [-0.3, -0.25) is 4.79 Å². The third kappa shape index (κ3) is 3.53. The van der Waals surface area contributed by atoms with Crippen LogP contribution in [0.3, 0.4) is 0 Å². The summed E-state index contributed by atoms with van der Waals surface area (Å²) in [5.41, 5.74) is 0.577. The minimum Gasteiger partial charge on any atom is -0.490 e. The second kappa shape index (κ2) is 7.32. The molecule has 1 aromatic rings. The smallest absolute Gasteiger partial charge is 0.172 e. The van der Waals surface area contributed by atoms with Crippen molar-refractivity contribution >= 4 is 6.29 Å². The molecular weight excluding hydrogens is 252 g/mol. The summed E-state index contributed by atoms with van der Waals surface area (Å²) < 4.78 is 11.7. The molecule has 2 rings (SSSR count). The van der Waals surface area contributed by atoms with Crippen LogP contribution in [0.5, 0.6) is 11.5 Å². The van der Waals surface area contributed by atoms with E-state index in [4.69, 9.17) is 9.47 Å². The van der Waals surface area contributed by atoms with Crippen LogP contribution in [-0.4, -0.2) is 19.0 Å². The van der Waals surface area contributed by atoms with Gasteiger partial charge in [-0.05, 0) is 50.7 Å². The monoisotopic (exact) mass is 276 g/mol. The lowest BCUT2D eigenvalue weighted by Gasteiger charge is -2.29. The van der Waals surface area contributed by atoms with E-state index >= 15 is 0 Å². The topological polar surface area (TPSA) is 35.5 Å². The molecule has 1 saturated carbocycles. The fourth-order valence-electron chi connectivity index (χ4n) is 2.85. The summed E-state index contributed by atoms with van der Waals surface area (Å²) in [4.78, 5) is 11.2. The standard InChI is InChI=1S/C17H24O3/c1-3-13-8-10-15(11-9-13)20-17-14(12-18)6-5-7-16(17)19-4-2/h5-7,12-13,15H,3-4,8-11H2,1-2H3. The average molecular weight is 276 g/mol. The Kier molecular flexibility index (Phi) is 5.45. The highest BCUT2D eigenvalue weighted by molar-refractivity contribution is 5.81. The number of aldehydes is 1. The van der Waals surface area contributed by atoms with Crippen LogP contribution >= 0.6 is 0 Å². The lowest BCUT2D eigenvalue weighted by molar-refractivity contribution is 0.108. The first-order valence-corrected chi connectivity index (χ1v) is 7.66. The molecule has 0 saturated heterocycles. The molecule has 1 aliphatic rings. The van der Waals surface area contributed by atoms with Gasteiger partial charge in [0, 0.05) is 0 Å².